The lowest BCUT2D eigenvalue weighted by Crippen LogP contribution is -2.46. The van der Waals surface area contributed by atoms with Crippen molar-refractivity contribution in [2.24, 2.45) is 7.05 Å². The average Bonchev–Trinajstić information content (AvgIpc) is 2.65. The zero-order valence-corrected chi connectivity index (χ0v) is 8.36. The molecule has 1 aliphatic rings. The molecule has 4 nitrogen and oxygen atoms in total. The Bertz CT molecular complexity index is 326. The molecule has 0 spiro atoms. The first-order valence-electron chi connectivity index (χ1n) is 4.90. The Morgan fingerprint density at radius 3 is 2.71 bits per heavy atom. The fraction of sp³-hybridized carbons (Fsp3) is 0.500. The average molecular weight is 193 g/mol. The van der Waals surface area contributed by atoms with E-state index in [4.69, 9.17) is 0 Å². The topological polar surface area (TPSA) is 37.3 Å². The Morgan fingerprint density at radius 1 is 1.43 bits per heavy atom. The minimum atomic E-state index is 0.138. The summed E-state index contributed by atoms with van der Waals surface area (Å²) in [6, 6.07) is 3.76. The largest absolute Gasteiger partial charge is 0.347 e. The highest BCUT2D eigenvalue weighted by atomic mass is 16.2. The maximum Gasteiger partial charge on any atom is 0.270 e. The highest BCUT2D eigenvalue weighted by Gasteiger charge is 2.19. The van der Waals surface area contributed by atoms with Gasteiger partial charge < -0.3 is 14.8 Å². The molecule has 0 saturated carbocycles. The van der Waals surface area contributed by atoms with Gasteiger partial charge in [-0.2, -0.15) is 0 Å². The summed E-state index contributed by atoms with van der Waals surface area (Å²) in [5.74, 6) is 0.138. The molecule has 14 heavy (non-hydrogen) atoms. The molecule has 1 saturated heterocycles. The van der Waals surface area contributed by atoms with E-state index >= 15 is 0 Å². The summed E-state index contributed by atoms with van der Waals surface area (Å²) in [6.45, 7) is 3.42. The second-order valence-corrected chi connectivity index (χ2v) is 3.55. The van der Waals surface area contributed by atoms with Crippen LogP contribution in [0.1, 0.15) is 10.5 Å². The molecule has 1 aliphatic heterocycles. The Kier molecular flexibility index (Phi) is 2.54. The van der Waals surface area contributed by atoms with Crippen molar-refractivity contribution < 1.29 is 4.79 Å². The van der Waals surface area contributed by atoms with Gasteiger partial charge in [-0.1, -0.05) is 0 Å². The van der Waals surface area contributed by atoms with E-state index in [2.05, 4.69) is 5.32 Å². The first-order valence-corrected chi connectivity index (χ1v) is 4.90. The van der Waals surface area contributed by atoms with E-state index in [9.17, 15) is 4.79 Å². The molecule has 0 atom stereocenters. The molecule has 2 rings (SSSR count). The van der Waals surface area contributed by atoms with Crippen LogP contribution in [0, 0.1) is 0 Å². The fourth-order valence-electron chi connectivity index (χ4n) is 1.71. The molecule has 0 bridgehead atoms. The van der Waals surface area contributed by atoms with Crippen molar-refractivity contribution in [1.29, 1.82) is 0 Å². The van der Waals surface area contributed by atoms with E-state index in [0.29, 0.717) is 0 Å². The van der Waals surface area contributed by atoms with Crippen LogP contribution in [0.2, 0.25) is 0 Å². The second kappa shape index (κ2) is 3.84. The lowest BCUT2D eigenvalue weighted by Gasteiger charge is -2.27. The van der Waals surface area contributed by atoms with Crippen LogP contribution in [0.4, 0.5) is 0 Å². The molecule has 0 aromatic carbocycles. The van der Waals surface area contributed by atoms with Crippen LogP contribution < -0.4 is 5.32 Å². The van der Waals surface area contributed by atoms with E-state index in [1.165, 1.54) is 0 Å². The maximum atomic E-state index is 12.0. The number of carbonyl (C=O) groups excluding carboxylic acids is 1. The second-order valence-electron chi connectivity index (χ2n) is 3.55. The summed E-state index contributed by atoms with van der Waals surface area (Å²) < 4.78 is 1.87. The van der Waals surface area contributed by atoms with Gasteiger partial charge in [0.25, 0.3) is 5.91 Å². The summed E-state index contributed by atoms with van der Waals surface area (Å²) in [5.41, 5.74) is 0.770. The minimum absolute atomic E-state index is 0.138. The Hall–Kier alpha value is -1.29. The van der Waals surface area contributed by atoms with Crippen molar-refractivity contribution in [3.05, 3.63) is 24.0 Å². The zero-order chi connectivity index (χ0) is 9.97. The molecule has 0 aliphatic carbocycles. The van der Waals surface area contributed by atoms with Crippen molar-refractivity contribution in [2.75, 3.05) is 26.2 Å². The van der Waals surface area contributed by atoms with E-state index in [-0.39, 0.29) is 5.91 Å². The summed E-state index contributed by atoms with van der Waals surface area (Å²) in [5, 5.41) is 3.23. The molecule has 1 amide bonds. The molecule has 1 fully saturated rings. The van der Waals surface area contributed by atoms with E-state index < -0.39 is 0 Å². The molecule has 4 heteroatoms. The van der Waals surface area contributed by atoms with Crippen molar-refractivity contribution in [3.63, 3.8) is 0 Å². The fourth-order valence-corrected chi connectivity index (χ4v) is 1.71. The quantitative estimate of drug-likeness (QED) is 0.685. The summed E-state index contributed by atoms with van der Waals surface area (Å²) >= 11 is 0. The summed E-state index contributed by atoms with van der Waals surface area (Å²) in [6.07, 6.45) is 1.90. The van der Waals surface area contributed by atoms with Gasteiger partial charge >= 0.3 is 0 Å². The number of hydrogen-bond acceptors (Lipinski definition) is 2. The number of hydrogen-bond donors (Lipinski definition) is 1. The standard InChI is InChI=1S/C10H15N3O/c1-12-6-2-3-9(12)10(14)13-7-4-11-5-8-13/h2-3,6,11H,4-5,7-8H2,1H3. The number of rotatable bonds is 1. The van der Waals surface area contributed by atoms with Gasteiger partial charge in [0.15, 0.2) is 0 Å². The third-order valence-electron chi connectivity index (χ3n) is 2.57. The zero-order valence-electron chi connectivity index (χ0n) is 8.36. The van der Waals surface area contributed by atoms with Crippen molar-refractivity contribution >= 4 is 5.91 Å². The lowest BCUT2D eigenvalue weighted by atomic mass is 10.3. The Balaban J connectivity index is 2.11. The van der Waals surface area contributed by atoms with Crippen LogP contribution in [0.5, 0.6) is 0 Å². The number of aromatic nitrogens is 1. The first-order chi connectivity index (χ1) is 6.79. The van der Waals surface area contributed by atoms with Gasteiger partial charge in [-0.25, -0.2) is 0 Å². The van der Waals surface area contributed by atoms with Crippen molar-refractivity contribution in [3.8, 4) is 0 Å². The molecule has 2 heterocycles. The maximum absolute atomic E-state index is 12.0. The molecular weight excluding hydrogens is 178 g/mol. The monoisotopic (exact) mass is 193 g/mol. The number of carbonyl (C=O) groups is 1. The number of piperazine rings is 1. The van der Waals surface area contributed by atoms with Crippen LogP contribution in [0.15, 0.2) is 18.3 Å². The molecule has 1 aromatic rings. The van der Waals surface area contributed by atoms with Gasteiger partial charge in [0.1, 0.15) is 5.69 Å². The molecule has 0 radical (unpaired) electrons. The Labute approximate surface area is 83.5 Å². The van der Waals surface area contributed by atoms with Gasteiger partial charge in [-0.3, -0.25) is 4.79 Å². The van der Waals surface area contributed by atoms with Crippen LogP contribution in [0.25, 0.3) is 0 Å². The highest BCUT2D eigenvalue weighted by Crippen LogP contribution is 2.05. The third-order valence-corrected chi connectivity index (χ3v) is 2.57. The highest BCUT2D eigenvalue weighted by molar-refractivity contribution is 5.92. The smallest absolute Gasteiger partial charge is 0.270 e. The summed E-state index contributed by atoms with van der Waals surface area (Å²) in [4.78, 5) is 13.9. The minimum Gasteiger partial charge on any atom is -0.347 e. The summed E-state index contributed by atoms with van der Waals surface area (Å²) in [7, 11) is 1.90. The van der Waals surface area contributed by atoms with Gasteiger partial charge in [-0.05, 0) is 12.1 Å². The lowest BCUT2D eigenvalue weighted by molar-refractivity contribution is 0.0726. The number of nitrogens with one attached hydrogen (secondary N) is 1. The predicted octanol–water partition coefficient (Wildman–Crippen LogP) is 0.0705. The van der Waals surface area contributed by atoms with E-state index in [1.54, 1.807) is 0 Å². The molecule has 76 valence electrons. The molecule has 1 aromatic heterocycles. The molecular formula is C10H15N3O. The van der Waals surface area contributed by atoms with Gasteiger partial charge in [0.05, 0.1) is 0 Å². The normalized spacial score (nSPS) is 17.1. The SMILES string of the molecule is Cn1cccc1C(=O)N1CCNCC1. The van der Waals surface area contributed by atoms with E-state index in [0.717, 1.165) is 31.9 Å². The third kappa shape index (κ3) is 1.65. The Morgan fingerprint density at radius 2 is 2.14 bits per heavy atom. The van der Waals surface area contributed by atoms with Crippen LogP contribution in [-0.4, -0.2) is 41.6 Å². The van der Waals surface area contributed by atoms with Crippen LogP contribution in [-0.2, 0) is 7.05 Å². The van der Waals surface area contributed by atoms with Gasteiger partial charge in [0, 0.05) is 39.4 Å². The number of amides is 1. The van der Waals surface area contributed by atoms with E-state index in [1.807, 2.05) is 34.8 Å². The van der Waals surface area contributed by atoms with Gasteiger partial charge in [-0.15, -0.1) is 0 Å². The van der Waals surface area contributed by atoms with Crippen LogP contribution >= 0.6 is 0 Å². The molecule has 0 unspecified atom stereocenters. The van der Waals surface area contributed by atoms with Crippen LogP contribution in [0.3, 0.4) is 0 Å². The first kappa shape index (κ1) is 9.27. The van der Waals surface area contributed by atoms with Crippen molar-refractivity contribution in [2.45, 2.75) is 0 Å². The number of aryl methyl sites for hydroxylation is 1. The van der Waals surface area contributed by atoms with Gasteiger partial charge in [0.2, 0.25) is 0 Å². The predicted molar refractivity (Wildman–Crippen MR) is 54.2 cm³/mol. The molecule has 1 N–H and O–H groups in total. The number of nitrogens with zero attached hydrogens (tertiary/aromatic N) is 2. The van der Waals surface area contributed by atoms with Crippen molar-refractivity contribution in [1.82, 2.24) is 14.8 Å².